The first-order chi connectivity index (χ1) is 22.0. The maximum absolute atomic E-state index is 9.96. The molecule has 15 nitrogen and oxygen atoms in total. The van der Waals surface area contributed by atoms with Gasteiger partial charge in [0.05, 0.1) is 65.0 Å². The molecule has 3 fully saturated rings. The Hall–Kier alpha value is -0.230. The van der Waals surface area contributed by atoms with Crippen molar-refractivity contribution in [3.63, 3.8) is 0 Å². The zero-order valence-electron chi connectivity index (χ0n) is 27.6. The predicted octanol–water partition coefficient (Wildman–Crippen LogP) is 1.50. The van der Waals surface area contributed by atoms with Gasteiger partial charge in [0.15, 0.2) is 0 Å². The van der Waals surface area contributed by atoms with Crippen LogP contribution in [0.5, 0.6) is 0 Å². The zero-order chi connectivity index (χ0) is 34.7. The van der Waals surface area contributed by atoms with Crippen molar-refractivity contribution in [3.05, 3.63) is 26.4 Å². The fraction of sp³-hybridized carbons (Fsp3) is 1.00. The number of hydrogen-bond acceptors (Lipinski definition) is 10. The van der Waals surface area contributed by atoms with Crippen LogP contribution in [0.4, 0.5) is 4.39 Å². The average molecular weight is 709 g/mol. The molecular weight excluding hydrogens is 653 g/mol. The van der Waals surface area contributed by atoms with Crippen LogP contribution in [0.2, 0.25) is 0 Å². The van der Waals surface area contributed by atoms with Gasteiger partial charge in [0, 0.05) is 57.8 Å². The van der Waals surface area contributed by atoms with Gasteiger partial charge in [-0.15, -0.1) is 23.2 Å². The summed E-state index contributed by atoms with van der Waals surface area (Å²) in [6, 6.07) is 0. The number of ether oxygens (including phenoxy) is 5. The maximum atomic E-state index is 9.96. The molecule has 0 radical (unpaired) electrons. The fourth-order valence-corrected chi connectivity index (χ4v) is 2.91. The summed E-state index contributed by atoms with van der Waals surface area (Å²) in [6.07, 6.45) is 7.80. The van der Waals surface area contributed by atoms with Crippen LogP contribution in [0, 0.1) is 0 Å². The van der Waals surface area contributed by atoms with Crippen LogP contribution < -0.4 is 29.6 Å². The Morgan fingerprint density at radius 3 is 1.49 bits per heavy atom. The average Bonchev–Trinajstić information content (AvgIpc) is 3.44. The Morgan fingerprint density at radius 1 is 0.867 bits per heavy atom. The summed E-state index contributed by atoms with van der Waals surface area (Å²) in [7, 11) is -1.00. The van der Waals surface area contributed by atoms with Crippen molar-refractivity contribution in [3.8, 4) is 0 Å². The number of rotatable bonds is 16. The molecule has 3 heterocycles. The van der Waals surface area contributed by atoms with Gasteiger partial charge in [-0.2, -0.15) is 0 Å². The summed E-state index contributed by atoms with van der Waals surface area (Å²) >= 11 is 10.7. The standard InChI is InChI=1S/C7H15ClO3.C7H15N3O3.2C4H8O.C3H5ClO.CH3F.N3.Na/c8-5-7(6-10)11-4-2-1-3-9;8-10-9-5-7(6-12)13-4-2-1-3-11;2*1-2-4-5-3-1;4-1-3-2-5-3;1-2;1-3-2;/h7,9-10H,1-6H2;7,11-12H,1-6H2;2*1-4H2;3H,1-2H2;1H3;;/q;;;;;;-1;+1/i;;;;;1D;;. The fourth-order valence-electron chi connectivity index (χ4n) is 2.54. The Kier molecular flexibility index (Phi) is 61.1. The molecule has 3 unspecified atom stereocenters. The van der Waals surface area contributed by atoms with Crippen LogP contribution in [0.1, 0.15) is 52.7 Å². The van der Waals surface area contributed by atoms with Crippen LogP contribution in [-0.4, -0.2) is 137 Å². The molecule has 3 rings (SSSR count). The minimum atomic E-state index is -1.00. The predicted molar refractivity (Wildman–Crippen MR) is 169 cm³/mol. The van der Waals surface area contributed by atoms with Gasteiger partial charge >= 0.3 is 29.6 Å². The number of halogens is 3. The molecule has 0 aliphatic carbocycles. The van der Waals surface area contributed by atoms with Crippen molar-refractivity contribution in [2.45, 2.75) is 69.7 Å². The summed E-state index contributed by atoms with van der Waals surface area (Å²) in [6.45, 7) is 6.18. The van der Waals surface area contributed by atoms with Crippen LogP contribution in [0.25, 0.3) is 26.4 Å². The number of aliphatic hydroxyl groups excluding tert-OH is 4. The summed E-state index contributed by atoms with van der Waals surface area (Å²) < 4.78 is 40.4. The Balaban J connectivity index is -0.000000151. The molecule has 264 valence electrons. The number of epoxide rings is 1. The number of hydrogen-bond donors (Lipinski definition) is 4. The van der Waals surface area contributed by atoms with E-state index in [1.54, 1.807) is 0 Å². The minimum Gasteiger partial charge on any atom is -0.396 e. The third-order valence-corrected chi connectivity index (χ3v) is 5.66. The number of unbranched alkanes of at least 4 members (excludes halogenated alkanes) is 2. The third kappa shape index (κ3) is 56.5. The second kappa shape index (κ2) is 53.3. The molecule has 3 aliphatic heterocycles. The van der Waals surface area contributed by atoms with Crippen molar-refractivity contribution < 1.29 is 79.4 Å². The molecule has 19 heteroatoms. The second-order valence-corrected chi connectivity index (χ2v) is 9.24. The van der Waals surface area contributed by atoms with Crippen LogP contribution in [0.15, 0.2) is 5.11 Å². The maximum Gasteiger partial charge on any atom is 1.00 e. The van der Waals surface area contributed by atoms with Crippen LogP contribution >= 0.6 is 23.2 Å². The van der Waals surface area contributed by atoms with E-state index in [1.165, 1.54) is 30.6 Å². The molecule has 0 aromatic heterocycles. The van der Waals surface area contributed by atoms with Gasteiger partial charge in [-0.25, -0.2) is 0 Å². The normalized spacial score (nSPS) is 16.5. The smallest absolute Gasteiger partial charge is 0.396 e. The van der Waals surface area contributed by atoms with E-state index in [2.05, 4.69) is 10.0 Å². The van der Waals surface area contributed by atoms with Gasteiger partial charge in [0.2, 0.25) is 0 Å². The quantitative estimate of drug-likeness (QED) is 0.0345. The summed E-state index contributed by atoms with van der Waals surface area (Å²) in [5.41, 5.74) is 21.5. The van der Waals surface area contributed by atoms with Crippen molar-refractivity contribution in [1.82, 2.24) is 0 Å². The van der Waals surface area contributed by atoms with E-state index < -0.39 is 13.3 Å². The first-order valence-electron chi connectivity index (χ1n) is 15.1. The Morgan fingerprint density at radius 2 is 1.27 bits per heavy atom. The second-order valence-electron chi connectivity index (χ2n) is 8.62. The minimum absolute atomic E-state index is 0. The zero-order valence-corrected chi connectivity index (χ0v) is 30.2. The topological polar surface area (TPSA) is 238 Å². The number of azide groups is 1. The monoisotopic (exact) mass is 707 g/mol. The number of nitrogens with zero attached hydrogens (tertiary/aromatic N) is 6. The van der Waals surface area contributed by atoms with E-state index >= 15 is 0 Å². The van der Waals surface area contributed by atoms with E-state index in [0.29, 0.717) is 37.5 Å². The number of alkyl halides is 3. The van der Waals surface area contributed by atoms with Gasteiger partial charge < -0.3 is 55.2 Å². The molecule has 0 spiro atoms. The molecule has 0 saturated carbocycles. The van der Waals surface area contributed by atoms with Crippen LogP contribution in [0.3, 0.4) is 0 Å². The Bertz CT molecular complexity index is 603. The molecule has 45 heavy (non-hydrogen) atoms. The molecule has 0 aromatic rings. The molecule has 3 aliphatic rings. The van der Waals surface area contributed by atoms with E-state index in [0.717, 1.165) is 52.3 Å². The molecule has 0 bridgehead atoms. The Labute approximate surface area is 300 Å². The molecule has 3 atom stereocenters. The van der Waals surface area contributed by atoms with Gasteiger partial charge in [-0.05, 0) is 56.9 Å². The largest absolute Gasteiger partial charge is 1.00 e. The van der Waals surface area contributed by atoms with Crippen molar-refractivity contribution in [1.29, 1.82) is 0 Å². The number of aliphatic hydroxyl groups is 4. The van der Waals surface area contributed by atoms with Crippen molar-refractivity contribution in [2.24, 2.45) is 5.11 Å². The molecular formula is C26H54Cl2FN6NaO9. The van der Waals surface area contributed by atoms with E-state index in [9.17, 15) is 4.39 Å². The van der Waals surface area contributed by atoms with E-state index in [4.69, 9.17) is 85.3 Å². The van der Waals surface area contributed by atoms with Crippen LogP contribution in [-0.2, 0) is 23.7 Å². The van der Waals surface area contributed by atoms with Crippen molar-refractivity contribution in [2.75, 3.05) is 98.1 Å². The SMILES string of the molecule is C1CCOC1.C1CCOC1.ClCC1CO1.OCCCCOC(CO)CCl.[2H]CF.[N-]=[N+]=NCC(CO)OCCCCO.[N-]=[N+]=[N-].[Na+]. The molecule has 0 amide bonds. The van der Waals surface area contributed by atoms with Gasteiger partial charge in [0.25, 0.3) is 0 Å². The van der Waals surface area contributed by atoms with Gasteiger partial charge in [0.1, 0.15) is 0 Å². The molecule has 0 aromatic carbocycles. The molecule has 4 N–H and O–H groups in total. The van der Waals surface area contributed by atoms with E-state index in [-0.39, 0.29) is 68.6 Å². The third-order valence-electron chi connectivity index (χ3n) is 4.97. The van der Waals surface area contributed by atoms with Crippen molar-refractivity contribution >= 4 is 23.2 Å². The van der Waals surface area contributed by atoms with E-state index in [1.807, 2.05) is 0 Å². The first kappa shape index (κ1) is 51.6. The summed E-state index contributed by atoms with van der Waals surface area (Å²) in [5.74, 6) is 0.982. The van der Waals surface area contributed by atoms with Gasteiger partial charge in [-0.1, -0.05) is 5.11 Å². The van der Waals surface area contributed by atoms with Gasteiger partial charge in [-0.3, -0.25) is 9.30 Å². The summed E-state index contributed by atoms with van der Waals surface area (Å²) in [5, 5.41) is 37.5. The first-order valence-corrected chi connectivity index (χ1v) is 15.4. The summed E-state index contributed by atoms with van der Waals surface area (Å²) in [4.78, 5) is 4.06. The molecule has 3 saturated heterocycles.